The molecule has 29 heavy (non-hydrogen) atoms. The second kappa shape index (κ2) is 6.75. The molecule has 3 saturated carbocycles. The second-order valence-electron chi connectivity index (χ2n) is 10.7. The zero-order chi connectivity index (χ0) is 21.4. The topological polar surface area (TPSA) is 93.5 Å². The van der Waals surface area contributed by atoms with Gasteiger partial charge in [-0.15, -0.1) is 0 Å². The molecule has 0 aromatic carbocycles. The molecule has 0 amide bonds. The maximum Gasteiger partial charge on any atom is 0.330 e. The van der Waals surface area contributed by atoms with Gasteiger partial charge in [-0.1, -0.05) is 43.4 Å². The van der Waals surface area contributed by atoms with E-state index in [4.69, 9.17) is 9.16 Å². The van der Waals surface area contributed by atoms with Gasteiger partial charge in [0.25, 0.3) is 5.56 Å². The zero-order valence-electron chi connectivity index (χ0n) is 17.7. The highest BCUT2D eigenvalue weighted by molar-refractivity contribution is 14.1. The van der Waals surface area contributed by atoms with Gasteiger partial charge in [-0.05, 0) is 42.8 Å². The Morgan fingerprint density at radius 2 is 1.97 bits per heavy atom. The number of nitrogens with zero attached hydrogens (tertiary/aromatic N) is 1. The molecule has 0 radical (unpaired) electrons. The third kappa shape index (κ3) is 3.40. The van der Waals surface area contributed by atoms with E-state index in [9.17, 15) is 14.7 Å². The Kier molecular flexibility index (Phi) is 5.06. The van der Waals surface area contributed by atoms with Crippen LogP contribution in [0.3, 0.4) is 0 Å². The van der Waals surface area contributed by atoms with Crippen LogP contribution in [-0.2, 0) is 9.16 Å². The maximum atomic E-state index is 12.6. The highest BCUT2D eigenvalue weighted by Gasteiger charge is 2.74. The van der Waals surface area contributed by atoms with Crippen LogP contribution in [0.25, 0.3) is 0 Å². The summed E-state index contributed by atoms with van der Waals surface area (Å²) in [6.07, 6.45) is 3.44. The van der Waals surface area contributed by atoms with E-state index >= 15 is 0 Å². The number of aliphatic hydroxyl groups is 1. The van der Waals surface area contributed by atoms with Gasteiger partial charge in [0.2, 0.25) is 0 Å². The third-order valence-electron chi connectivity index (χ3n) is 7.60. The zero-order valence-corrected chi connectivity index (χ0v) is 20.9. The molecule has 3 aliphatic carbocycles. The molecule has 1 aromatic rings. The molecular weight excluding hydrogens is 503 g/mol. The van der Waals surface area contributed by atoms with Gasteiger partial charge < -0.3 is 14.3 Å². The van der Waals surface area contributed by atoms with Crippen LogP contribution in [-0.4, -0.2) is 45.2 Å². The Labute approximate surface area is 185 Å². The minimum atomic E-state index is -2.13. The summed E-state index contributed by atoms with van der Waals surface area (Å²) in [4.78, 5) is 26.5. The molecule has 5 rings (SSSR count). The first-order valence-electron chi connectivity index (χ1n) is 10.3. The van der Waals surface area contributed by atoms with Crippen molar-refractivity contribution < 1.29 is 14.3 Å². The standard InChI is InChI=1S/C20H31IN2O5Si/c1-18(2,3)29(4,5)28-15-12(8-24)27-16(23-7-6-13(25)22-17(23)26)14(15)19-9-20(21,10-19)11-19/h6-7,12,14-16,24H,8-11H2,1-5H3,(H,22,25,26). The van der Waals surface area contributed by atoms with Crippen LogP contribution >= 0.6 is 22.6 Å². The Bertz CT molecular complexity index is 901. The predicted molar refractivity (Wildman–Crippen MR) is 121 cm³/mol. The molecule has 2 heterocycles. The van der Waals surface area contributed by atoms with Crippen molar-refractivity contribution >= 4 is 30.9 Å². The average Bonchev–Trinajstić information content (AvgIpc) is 2.87. The molecule has 0 spiro atoms. The molecule has 4 unspecified atom stereocenters. The molecule has 7 nitrogen and oxygen atoms in total. The van der Waals surface area contributed by atoms with E-state index < -0.39 is 31.9 Å². The van der Waals surface area contributed by atoms with Gasteiger partial charge in [0.1, 0.15) is 12.3 Å². The summed E-state index contributed by atoms with van der Waals surface area (Å²) >= 11 is 2.55. The van der Waals surface area contributed by atoms with Crippen LogP contribution < -0.4 is 11.2 Å². The first kappa shape index (κ1) is 21.7. The second-order valence-corrected chi connectivity index (χ2v) is 17.7. The number of hydrogen-bond donors (Lipinski definition) is 2. The fourth-order valence-electron chi connectivity index (χ4n) is 5.16. The van der Waals surface area contributed by atoms with Gasteiger partial charge in [-0.25, -0.2) is 4.79 Å². The Hall–Kier alpha value is -0.493. The van der Waals surface area contributed by atoms with Crippen molar-refractivity contribution in [3.8, 4) is 0 Å². The van der Waals surface area contributed by atoms with E-state index in [2.05, 4.69) is 61.4 Å². The summed E-state index contributed by atoms with van der Waals surface area (Å²) in [7, 11) is -2.13. The smallest absolute Gasteiger partial charge is 0.330 e. The average molecular weight is 534 g/mol. The number of H-pyrrole nitrogens is 1. The van der Waals surface area contributed by atoms with Crippen LogP contribution in [0.4, 0.5) is 0 Å². The number of aromatic nitrogens is 2. The van der Waals surface area contributed by atoms with Crippen LogP contribution in [0.5, 0.6) is 0 Å². The van der Waals surface area contributed by atoms with Crippen LogP contribution in [0, 0.1) is 11.3 Å². The van der Waals surface area contributed by atoms with Crippen molar-refractivity contribution in [1.29, 1.82) is 0 Å². The monoisotopic (exact) mass is 534 g/mol. The molecule has 1 aromatic heterocycles. The molecule has 2 bridgehead atoms. The van der Waals surface area contributed by atoms with Gasteiger partial charge >= 0.3 is 5.69 Å². The highest BCUT2D eigenvalue weighted by Crippen LogP contribution is 2.77. The first-order chi connectivity index (χ1) is 13.3. The van der Waals surface area contributed by atoms with Crippen molar-refractivity contribution in [3.05, 3.63) is 33.1 Å². The fraction of sp³-hybridized carbons (Fsp3) is 0.800. The number of alkyl halides is 1. The minimum absolute atomic E-state index is 0.0222. The van der Waals surface area contributed by atoms with Crippen molar-refractivity contribution in [2.45, 2.75) is 80.0 Å². The maximum absolute atomic E-state index is 12.6. The van der Waals surface area contributed by atoms with Crippen molar-refractivity contribution in [3.63, 3.8) is 0 Å². The van der Waals surface area contributed by atoms with E-state index in [1.807, 2.05) is 0 Å². The van der Waals surface area contributed by atoms with E-state index in [0.717, 1.165) is 19.3 Å². The number of aromatic amines is 1. The normalized spacial score (nSPS) is 39.1. The molecule has 4 aliphatic rings. The lowest BCUT2D eigenvalue weighted by Crippen LogP contribution is -2.69. The molecule has 4 atom stereocenters. The number of ether oxygens (including phenoxy) is 1. The van der Waals surface area contributed by atoms with Gasteiger partial charge in [-0.3, -0.25) is 14.3 Å². The largest absolute Gasteiger partial charge is 0.411 e. The van der Waals surface area contributed by atoms with Crippen LogP contribution in [0.2, 0.25) is 18.1 Å². The summed E-state index contributed by atoms with van der Waals surface area (Å²) in [5, 5.41) is 10.1. The lowest BCUT2D eigenvalue weighted by atomic mass is 9.39. The first-order valence-corrected chi connectivity index (χ1v) is 14.2. The number of aliphatic hydroxyl groups excluding tert-OH is 1. The van der Waals surface area contributed by atoms with Crippen LogP contribution in [0.15, 0.2) is 21.9 Å². The quantitative estimate of drug-likeness (QED) is 0.345. The summed E-state index contributed by atoms with van der Waals surface area (Å²) in [6, 6.07) is 1.35. The molecule has 9 heteroatoms. The third-order valence-corrected chi connectivity index (χ3v) is 13.2. The van der Waals surface area contributed by atoms with Crippen molar-refractivity contribution in [2.75, 3.05) is 6.61 Å². The van der Waals surface area contributed by atoms with Gasteiger partial charge in [0.05, 0.1) is 12.7 Å². The summed E-state index contributed by atoms with van der Waals surface area (Å²) < 4.78 is 14.9. The highest BCUT2D eigenvalue weighted by atomic mass is 127. The van der Waals surface area contributed by atoms with E-state index in [0.29, 0.717) is 3.42 Å². The molecule has 162 valence electrons. The summed E-state index contributed by atoms with van der Waals surface area (Å²) in [6.45, 7) is 10.9. The van der Waals surface area contributed by atoms with E-state index in [1.165, 1.54) is 16.8 Å². The van der Waals surface area contributed by atoms with Gasteiger partial charge in [0, 0.05) is 21.6 Å². The molecule has 2 N–H and O–H groups in total. The Morgan fingerprint density at radius 3 is 2.45 bits per heavy atom. The lowest BCUT2D eigenvalue weighted by Gasteiger charge is -2.71. The Balaban J connectivity index is 1.75. The number of halogens is 1. The number of rotatable bonds is 5. The van der Waals surface area contributed by atoms with E-state index in [-0.39, 0.29) is 29.1 Å². The summed E-state index contributed by atoms with van der Waals surface area (Å²) in [5.41, 5.74) is -0.837. The fourth-order valence-corrected chi connectivity index (χ4v) is 8.77. The summed E-state index contributed by atoms with van der Waals surface area (Å²) in [5.74, 6) is -0.0333. The Morgan fingerprint density at radius 1 is 1.34 bits per heavy atom. The molecule has 4 fully saturated rings. The number of nitrogens with one attached hydrogen (secondary N) is 1. The van der Waals surface area contributed by atoms with E-state index in [1.54, 1.807) is 0 Å². The van der Waals surface area contributed by atoms with Gasteiger partial charge in [-0.2, -0.15) is 0 Å². The lowest BCUT2D eigenvalue weighted by molar-refractivity contribution is -0.162. The van der Waals surface area contributed by atoms with Gasteiger partial charge in [0.15, 0.2) is 8.32 Å². The molecule has 1 aliphatic heterocycles. The number of hydrogen-bond acceptors (Lipinski definition) is 5. The SMILES string of the molecule is CC(C)(C)[Si](C)(C)OC1C(CO)OC(n2ccc(=O)[nH]c2=O)C1C12CC(I)(C1)C2. The molecule has 1 saturated heterocycles. The molecular formula is C20H31IN2O5Si. The van der Waals surface area contributed by atoms with Crippen molar-refractivity contribution in [2.24, 2.45) is 11.3 Å². The minimum Gasteiger partial charge on any atom is -0.411 e. The predicted octanol–water partition coefficient (Wildman–Crippen LogP) is 2.79. The van der Waals surface area contributed by atoms with Crippen molar-refractivity contribution in [1.82, 2.24) is 9.55 Å². The van der Waals surface area contributed by atoms with Crippen LogP contribution in [0.1, 0.15) is 46.3 Å².